The van der Waals surface area contributed by atoms with E-state index < -0.39 is 0 Å². The molecule has 0 aliphatic carbocycles. The number of rotatable bonds is 31. The van der Waals surface area contributed by atoms with E-state index >= 15 is 0 Å². The van der Waals surface area contributed by atoms with Crippen molar-refractivity contribution >= 4 is 60.3 Å². The van der Waals surface area contributed by atoms with Crippen molar-refractivity contribution in [3.8, 4) is 0 Å². The third-order valence-corrected chi connectivity index (χ3v) is 7.40. The van der Waals surface area contributed by atoms with Gasteiger partial charge in [0.25, 0.3) is 0 Å². The molecule has 0 aliphatic rings. The Morgan fingerprint density at radius 1 is 0.625 bits per heavy atom. The van der Waals surface area contributed by atoms with Crippen molar-refractivity contribution < 1.29 is 42.9 Å². The molecule has 4 N–H and O–H groups in total. The van der Waals surface area contributed by atoms with E-state index in [4.69, 9.17) is 18.9 Å². The van der Waals surface area contributed by atoms with Crippen LogP contribution in [0.4, 0.5) is 0 Å². The Labute approximate surface area is 296 Å². The minimum absolute atomic E-state index is 0.00359. The van der Waals surface area contributed by atoms with Crippen LogP contribution in [-0.2, 0) is 42.9 Å². The molecular weight excluding hydrogens is 661 g/mol. The lowest BCUT2D eigenvalue weighted by molar-refractivity contribution is -0.134. The van der Waals surface area contributed by atoms with E-state index in [0.29, 0.717) is 56.9 Å². The van der Waals surface area contributed by atoms with Gasteiger partial charge >= 0.3 is 0 Å². The number of hydrogen-bond acceptors (Lipinski definition) is 11. The molecular formula is C31H59BN5O9S2. The van der Waals surface area contributed by atoms with E-state index in [1.807, 2.05) is 26.4 Å². The molecule has 0 saturated heterocycles. The van der Waals surface area contributed by atoms with Crippen LogP contribution in [0.5, 0.6) is 0 Å². The molecule has 17 heteroatoms. The Bertz CT molecular complexity index is 896. The third kappa shape index (κ3) is 28.9. The second kappa shape index (κ2) is 29.8. The summed E-state index contributed by atoms with van der Waals surface area (Å²) in [4.78, 5) is 62.0. The zero-order valence-electron chi connectivity index (χ0n) is 29.8. The first-order valence-corrected chi connectivity index (χ1v) is 19.2. The smallest absolute Gasteiger partial charge is 0.230 e. The molecule has 0 aliphatic heterocycles. The zero-order valence-corrected chi connectivity index (χ0v) is 31.5. The fourth-order valence-electron chi connectivity index (χ4n) is 4.27. The SMILES string of the molecule is CSCC(=O)NCCN(CCNC(=O)CSC)C(=O)CCC(=O)NCCOCCOCCC(=O)NCCOCCOC(C)(C)[B]C(C)C. The molecule has 5 amide bonds. The molecule has 0 aromatic rings. The summed E-state index contributed by atoms with van der Waals surface area (Å²) in [5.41, 5.74) is -0.299. The van der Waals surface area contributed by atoms with Gasteiger partial charge in [0.05, 0.1) is 57.8 Å². The minimum Gasteiger partial charge on any atom is -0.382 e. The van der Waals surface area contributed by atoms with Crippen LogP contribution < -0.4 is 21.3 Å². The van der Waals surface area contributed by atoms with Crippen molar-refractivity contribution in [2.24, 2.45) is 0 Å². The van der Waals surface area contributed by atoms with Crippen LogP contribution in [0.25, 0.3) is 0 Å². The van der Waals surface area contributed by atoms with Gasteiger partial charge in [-0.2, -0.15) is 23.5 Å². The molecule has 0 fully saturated rings. The molecule has 0 rings (SSSR count). The first-order valence-electron chi connectivity index (χ1n) is 16.5. The minimum atomic E-state index is -0.299. The lowest BCUT2D eigenvalue weighted by atomic mass is 9.54. The van der Waals surface area contributed by atoms with E-state index in [9.17, 15) is 24.0 Å². The van der Waals surface area contributed by atoms with Gasteiger partial charge in [-0.3, -0.25) is 24.0 Å². The number of ether oxygens (including phenoxy) is 4. The molecule has 277 valence electrons. The van der Waals surface area contributed by atoms with Gasteiger partial charge in [0.1, 0.15) is 0 Å². The van der Waals surface area contributed by atoms with Crippen molar-refractivity contribution in [2.45, 2.75) is 58.3 Å². The number of hydrogen-bond donors (Lipinski definition) is 4. The van der Waals surface area contributed by atoms with Gasteiger partial charge < -0.3 is 45.1 Å². The monoisotopic (exact) mass is 720 g/mol. The predicted octanol–water partition coefficient (Wildman–Crippen LogP) is 0.511. The summed E-state index contributed by atoms with van der Waals surface area (Å²) < 4.78 is 22.2. The van der Waals surface area contributed by atoms with Gasteiger partial charge in [0.2, 0.25) is 29.5 Å². The highest BCUT2D eigenvalue weighted by atomic mass is 32.2. The first-order chi connectivity index (χ1) is 22.9. The summed E-state index contributed by atoms with van der Waals surface area (Å²) in [6.07, 6.45) is 3.90. The molecule has 0 saturated carbocycles. The normalized spacial score (nSPS) is 11.2. The Kier molecular flexibility index (Phi) is 28.6. The van der Waals surface area contributed by atoms with Crippen LogP contribution in [0.1, 0.15) is 47.0 Å². The molecule has 0 atom stereocenters. The Morgan fingerprint density at radius 3 is 1.58 bits per heavy atom. The summed E-state index contributed by atoms with van der Waals surface area (Å²) in [5, 5.41) is 11.0. The Hall–Kier alpha value is -2.05. The fourth-order valence-corrected chi connectivity index (χ4v) is 5.00. The molecule has 0 bridgehead atoms. The van der Waals surface area contributed by atoms with Gasteiger partial charge in [0.15, 0.2) is 7.28 Å². The molecule has 0 heterocycles. The second-order valence-electron chi connectivity index (χ2n) is 11.6. The van der Waals surface area contributed by atoms with E-state index in [-0.39, 0.29) is 100 Å². The van der Waals surface area contributed by atoms with E-state index in [1.54, 1.807) is 4.90 Å². The van der Waals surface area contributed by atoms with Crippen molar-refractivity contribution in [3.05, 3.63) is 0 Å². The van der Waals surface area contributed by atoms with Crippen LogP contribution in [-0.4, -0.2) is 157 Å². The van der Waals surface area contributed by atoms with Crippen molar-refractivity contribution in [1.29, 1.82) is 0 Å². The number of thioether (sulfide) groups is 2. The Balaban J connectivity index is 3.95. The van der Waals surface area contributed by atoms with Crippen LogP contribution >= 0.6 is 23.5 Å². The lowest BCUT2D eigenvalue weighted by Crippen LogP contribution is -2.43. The zero-order chi connectivity index (χ0) is 36.0. The number of nitrogens with one attached hydrogen (secondary N) is 4. The Morgan fingerprint density at radius 2 is 1.08 bits per heavy atom. The maximum atomic E-state index is 12.8. The maximum absolute atomic E-state index is 12.8. The fraction of sp³-hybridized carbons (Fsp3) is 0.839. The van der Waals surface area contributed by atoms with Gasteiger partial charge in [0, 0.05) is 64.0 Å². The average Bonchev–Trinajstić information content (AvgIpc) is 3.01. The molecule has 1 radical (unpaired) electrons. The highest BCUT2D eigenvalue weighted by Crippen LogP contribution is 2.14. The third-order valence-electron chi connectivity index (χ3n) is 6.30. The maximum Gasteiger partial charge on any atom is 0.230 e. The summed E-state index contributed by atoms with van der Waals surface area (Å²) in [7, 11) is 2.15. The van der Waals surface area contributed by atoms with Crippen LogP contribution in [0.3, 0.4) is 0 Å². The van der Waals surface area contributed by atoms with Crippen LogP contribution in [0.2, 0.25) is 5.82 Å². The largest absolute Gasteiger partial charge is 0.382 e. The van der Waals surface area contributed by atoms with E-state index in [1.165, 1.54) is 23.5 Å². The van der Waals surface area contributed by atoms with Crippen molar-refractivity contribution in [1.82, 2.24) is 26.2 Å². The highest BCUT2D eigenvalue weighted by molar-refractivity contribution is 7.99. The summed E-state index contributed by atoms with van der Waals surface area (Å²) in [6, 6.07) is 0. The summed E-state index contributed by atoms with van der Waals surface area (Å²) in [6.45, 7) is 12.6. The molecule has 14 nitrogen and oxygen atoms in total. The van der Waals surface area contributed by atoms with Crippen LogP contribution in [0, 0.1) is 0 Å². The molecule has 48 heavy (non-hydrogen) atoms. The van der Waals surface area contributed by atoms with Gasteiger partial charge in [-0.25, -0.2) is 0 Å². The number of nitrogens with zero attached hydrogens (tertiary/aromatic N) is 1. The molecule has 0 spiro atoms. The number of carbonyl (C=O) groups is 5. The number of carbonyl (C=O) groups excluding carboxylic acids is 5. The average molecular weight is 721 g/mol. The highest BCUT2D eigenvalue weighted by Gasteiger charge is 2.21. The lowest BCUT2D eigenvalue weighted by Gasteiger charge is -2.26. The van der Waals surface area contributed by atoms with Crippen molar-refractivity contribution in [3.63, 3.8) is 0 Å². The summed E-state index contributed by atoms with van der Waals surface area (Å²) in [5.74, 6) is 0.237. The standard InChI is InChI=1S/C31H59BN5O9S2/c1-25(2)32-31(3,4)46-22-21-45-18-13-36-27(39)9-16-43-19-20-44-17-12-35-26(38)7-8-30(42)37(14-10-33-28(40)23-47-5)15-11-34-29(41)24-48-6/h25H,7-24H2,1-6H3,(H,33,40)(H,34,41)(H,35,38)(H,36,39). The molecule has 0 aromatic heterocycles. The topological polar surface area (TPSA) is 174 Å². The van der Waals surface area contributed by atoms with E-state index in [0.717, 1.165) is 0 Å². The van der Waals surface area contributed by atoms with E-state index in [2.05, 4.69) is 42.4 Å². The van der Waals surface area contributed by atoms with Gasteiger partial charge in [-0.05, 0) is 26.4 Å². The molecule has 0 aromatic carbocycles. The quantitative estimate of drug-likeness (QED) is 0.0581. The second-order valence-corrected chi connectivity index (χ2v) is 13.3. The summed E-state index contributed by atoms with van der Waals surface area (Å²) >= 11 is 2.81. The first kappa shape index (κ1) is 46.0. The number of amides is 5. The molecule has 0 unspecified atom stereocenters. The predicted molar refractivity (Wildman–Crippen MR) is 193 cm³/mol. The van der Waals surface area contributed by atoms with Crippen LogP contribution in [0.15, 0.2) is 0 Å². The van der Waals surface area contributed by atoms with Gasteiger partial charge in [-0.1, -0.05) is 19.7 Å². The van der Waals surface area contributed by atoms with Crippen molar-refractivity contribution in [2.75, 3.05) is 110 Å². The van der Waals surface area contributed by atoms with Gasteiger partial charge in [-0.15, -0.1) is 0 Å².